The zero-order chi connectivity index (χ0) is 12.5. The van der Waals surface area contributed by atoms with Gasteiger partial charge in [0.2, 0.25) is 0 Å². The fourth-order valence-corrected chi connectivity index (χ4v) is 1.13. The zero-order valence-electron chi connectivity index (χ0n) is 8.95. The fourth-order valence-electron chi connectivity index (χ4n) is 1.13. The molecule has 88 valence electrons. The van der Waals surface area contributed by atoms with Crippen LogP contribution in [-0.4, -0.2) is 13.1 Å². The smallest absolute Gasteiger partial charge is 0.407 e. The molecule has 0 aliphatic heterocycles. The van der Waals surface area contributed by atoms with E-state index in [9.17, 15) is 18.0 Å². The van der Waals surface area contributed by atoms with Crippen LogP contribution in [0.2, 0.25) is 0 Å². The molecule has 0 saturated carbocycles. The van der Waals surface area contributed by atoms with E-state index in [2.05, 4.69) is 10.1 Å². The molecule has 0 spiro atoms. The predicted octanol–water partition coefficient (Wildman–Crippen LogP) is 2.44. The highest BCUT2D eigenvalue weighted by atomic mass is 19.2. The molecule has 0 aromatic heterocycles. The highest BCUT2D eigenvalue weighted by Crippen LogP contribution is 2.30. The van der Waals surface area contributed by atoms with Gasteiger partial charge in [-0.3, -0.25) is 0 Å². The second-order valence-electron chi connectivity index (χ2n) is 3.16. The van der Waals surface area contributed by atoms with Gasteiger partial charge in [0.25, 0.3) is 0 Å². The maximum absolute atomic E-state index is 13.5. The number of halogens is 3. The van der Waals surface area contributed by atoms with E-state index in [0.29, 0.717) is 0 Å². The van der Waals surface area contributed by atoms with E-state index >= 15 is 0 Å². The van der Waals surface area contributed by atoms with Gasteiger partial charge in [0.05, 0.1) is 0 Å². The van der Waals surface area contributed by atoms with E-state index < -0.39 is 34.9 Å². The van der Waals surface area contributed by atoms with E-state index in [4.69, 9.17) is 0 Å². The molecule has 0 unspecified atom stereocenters. The van der Waals surface area contributed by atoms with E-state index in [1.807, 2.05) is 0 Å². The highest BCUT2D eigenvalue weighted by molar-refractivity contribution is 5.70. The molecule has 0 radical (unpaired) electrons. The lowest BCUT2D eigenvalue weighted by atomic mass is 10.1. The summed E-state index contributed by atoms with van der Waals surface area (Å²) in [5.41, 5.74) is -0.911. The van der Waals surface area contributed by atoms with Crippen molar-refractivity contribution in [1.82, 2.24) is 5.32 Å². The third-order valence-corrected chi connectivity index (χ3v) is 2.12. The van der Waals surface area contributed by atoms with Gasteiger partial charge in [0.1, 0.15) is 0 Å². The molecular weight excluding hydrogens is 223 g/mol. The summed E-state index contributed by atoms with van der Waals surface area (Å²) in [5, 5.41) is 2.08. The summed E-state index contributed by atoms with van der Waals surface area (Å²) in [4.78, 5) is 10.9. The van der Waals surface area contributed by atoms with Crippen molar-refractivity contribution < 1.29 is 22.7 Å². The van der Waals surface area contributed by atoms with Crippen LogP contribution in [0.25, 0.3) is 0 Å². The van der Waals surface area contributed by atoms with Crippen molar-refractivity contribution in [1.29, 1.82) is 0 Å². The Morgan fingerprint density at radius 2 is 1.56 bits per heavy atom. The Morgan fingerprint density at radius 1 is 1.06 bits per heavy atom. The standard InChI is InChI=1S/C10H10F3NO2/c1-4-6(11)7(12)5(2)9(8(4)13)16-10(15)14-3/h1-3H3,(H,14,15). The summed E-state index contributed by atoms with van der Waals surface area (Å²) in [5.74, 6) is -4.19. The number of carbonyl (C=O) groups is 1. The van der Waals surface area contributed by atoms with Gasteiger partial charge in [-0.25, -0.2) is 18.0 Å². The number of hydrogen-bond donors (Lipinski definition) is 1. The molecular formula is C10H10F3NO2. The minimum atomic E-state index is -1.28. The van der Waals surface area contributed by atoms with Crippen LogP contribution in [-0.2, 0) is 0 Å². The first-order valence-electron chi connectivity index (χ1n) is 4.43. The molecule has 0 aliphatic rings. The summed E-state index contributed by atoms with van der Waals surface area (Å²) >= 11 is 0. The van der Waals surface area contributed by atoms with Crippen LogP contribution in [0.5, 0.6) is 5.75 Å². The summed E-state index contributed by atoms with van der Waals surface area (Å²) in [6, 6.07) is 0. The van der Waals surface area contributed by atoms with Crippen molar-refractivity contribution in [3.63, 3.8) is 0 Å². The van der Waals surface area contributed by atoms with Crippen LogP contribution < -0.4 is 10.1 Å². The van der Waals surface area contributed by atoms with Gasteiger partial charge in [-0.1, -0.05) is 0 Å². The Hall–Kier alpha value is -1.72. The Labute approximate surface area is 90.2 Å². The first-order chi connectivity index (χ1) is 7.40. The molecule has 0 aliphatic carbocycles. The largest absolute Gasteiger partial charge is 0.412 e. The average molecular weight is 233 g/mol. The van der Waals surface area contributed by atoms with Crippen LogP contribution >= 0.6 is 0 Å². The van der Waals surface area contributed by atoms with Gasteiger partial charge in [-0.2, -0.15) is 0 Å². The van der Waals surface area contributed by atoms with Gasteiger partial charge in [0, 0.05) is 18.2 Å². The monoisotopic (exact) mass is 233 g/mol. The van der Waals surface area contributed by atoms with Crippen molar-refractivity contribution in [3.8, 4) is 5.75 Å². The lowest BCUT2D eigenvalue weighted by Gasteiger charge is -2.11. The molecule has 16 heavy (non-hydrogen) atoms. The zero-order valence-corrected chi connectivity index (χ0v) is 8.95. The molecule has 0 fully saturated rings. The summed E-state index contributed by atoms with van der Waals surface area (Å²) < 4.78 is 44.3. The highest BCUT2D eigenvalue weighted by Gasteiger charge is 2.22. The number of ether oxygens (including phenoxy) is 1. The van der Waals surface area contributed by atoms with Gasteiger partial charge in [-0.05, 0) is 13.8 Å². The molecule has 3 nitrogen and oxygen atoms in total. The second kappa shape index (κ2) is 4.42. The Morgan fingerprint density at radius 3 is 2.06 bits per heavy atom. The molecule has 1 aromatic carbocycles. The van der Waals surface area contributed by atoms with Crippen LogP contribution in [0.4, 0.5) is 18.0 Å². The van der Waals surface area contributed by atoms with Crippen molar-refractivity contribution in [2.45, 2.75) is 13.8 Å². The third kappa shape index (κ3) is 1.95. The van der Waals surface area contributed by atoms with Crippen molar-refractivity contribution in [3.05, 3.63) is 28.6 Å². The number of carbonyl (C=O) groups excluding carboxylic acids is 1. The topological polar surface area (TPSA) is 38.3 Å². The van der Waals surface area contributed by atoms with Crippen LogP contribution in [0, 0.1) is 31.3 Å². The fraction of sp³-hybridized carbons (Fsp3) is 0.300. The molecule has 0 atom stereocenters. The van der Waals surface area contributed by atoms with Crippen LogP contribution in [0.1, 0.15) is 11.1 Å². The molecule has 1 N–H and O–H groups in total. The number of rotatable bonds is 1. The van der Waals surface area contributed by atoms with E-state index in [1.54, 1.807) is 0 Å². The number of amides is 1. The van der Waals surface area contributed by atoms with E-state index in [-0.39, 0.29) is 5.56 Å². The Balaban J connectivity index is 3.34. The van der Waals surface area contributed by atoms with Crippen molar-refractivity contribution >= 4 is 6.09 Å². The van der Waals surface area contributed by atoms with Crippen LogP contribution in [0.3, 0.4) is 0 Å². The molecule has 0 saturated heterocycles. The molecule has 0 heterocycles. The van der Waals surface area contributed by atoms with Crippen molar-refractivity contribution in [2.24, 2.45) is 0 Å². The maximum atomic E-state index is 13.5. The lowest BCUT2D eigenvalue weighted by molar-refractivity contribution is 0.200. The van der Waals surface area contributed by atoms with Gasteiger partial charge in [-0.15, -0.1) is 0 Å². The Kier molecular flexibility index (Phi) is 3.41. The molecule has 1 amide bonds. The summed E-state index contributed by atoms with van der Waals surface area (Å²) in [6.45, 7) is 2.18. The van der Waals surface area contributed by atoms with Crippen molar-refractivity contribution in [2.75, 3.05) is 7.05 Å². The number of hydrogen-bond acceptors (Lipinski definition) is 2. The summed E-state index contributed by atoms with van der Waals surface area (Å²) in [7, 11) is 1.27. The average Bonchev–Trinajstić information content (AvgIpc) is 2.29. The number of benzene rings is 1. The number of nitrogens with one attached hydrogen (secondary N) is 1. The second-order valence-corrected chi connectivity index (χ2v) is 3.16. The third-order valence-electron chi connectivity index (χ3n) is 2.12. The quantitative estimate of drug-likeness (QED) is 0.756. The first kappa shape index (κ1) is 12.4. The van der Waals surface area contributed by atoms with Gasteiger partial charge < -0.3 is 10.1 Å². The Bertz CT molecular complexity index is 417. The van der Waals surface area contributed by atoms with Crippen LogP contribution in [0.15, 0.2) is 0 Å². The molecule has 0 bridgehead atoms. The predicted molar refractivity (Wildman–Crippen MR) is 50.9 cm³/mol. The SMILES string of the molecule is CNC(=O)Oc1c(C)c(F)c(F)c(C)c1F. The maximum Gasteiger partial charge on any atom is 0.412 e. The minimum absolute atomic E-state index is 0.385. The van der Waals surface area contributed by atoms with Gasteiger partial charge in [0.15, 0.2) is 23.2 Å². The summed E-state index contributed by atoms with van der Waals surface area (Å²) in [6.07, 6.45) is -0.951. The van der Waals surface area contributed by atoms with E-state index in [1.165, 1.54) is 7.05 Å². The normalized spacial score (nSPS) is 10.1. The lowest BCUT2D eigenvalue weighted by Crippen LogP contribution is -2.23. The van der Waals surface area contributed by atoms with Gasteiger partial charge >= 0.3 is 6.09 Å². The molecule has 1 rings (SSSR count). The molecule has 6 heteroatoms. The minimum Gasteiger partial charge on any atom is -0.407 e. The van der Waals surface area contributed by atoms with E-state index in [0.717, 1.165) is 13.8 Å². The molecule has 1 aromatic rings. The first-order valence-corrected chi connectivity index (χ1v) is 4.43.